The van der Waals surface area contributed by atoms with Gasteiger partial charge in [0, 0.05) is 24.6 Å². The molecule has 1 fully saturated rings. The largest absolute Gasteiger partial charge is 0.312 e. The lowest BCUT2D eigenvalue weighted by molar-refractivity contribution is -0.117. The Balaban J connectivity index is 2.33. The summed E-state index contributed by atoms with van der Waals surface area (Å²) in [5, 5.41) is 5.10. The zero-order valence-electron chi connectivity index (χ0n) is 12.5. The molecule has 1 atom stereocenters. The van der Waals surface area contributed by atoms with Crippen LogP contribution in [0.5, 0.6) is 0 Å². The van der Waals surface area contributed by atoms with Crippen molar-refractivity contribution in [2.75, 3.05) is 17.2 Å². The summed E-state index contributed by atoms with van der Waals surface area (Å²) in [6.07, 6.45) is 1.93. The van der Waals surface area contributed by atoms with Crippen LogP contribution in [-0.2, 0) is 27.7 Å². The molecule has 1 aromatic carbocycles. The van der Waals surface area contributed by atoms with Crippen molar-refractivity contribution < 1.29 is 13.2 Å². The molecule has 1 aliphatic heterocycles. The van der Waals surface area contributed by atoms with E-state index in [0.717, 1.165) is 29.7 Å². The number of nitrogens with two attached hydrogens (primary N) is 1. The Kier molecular flexibility index (Phi) is 4.68. The van der Waals surface area contributed by atoms with Crippen LogP contribution in [0, 0.1) is 5.92 Å². The van der Waals surface area contributed by atoms with Gasteiger partial charge < -0.3 is 4.90 Å². The molecule has 0 radical (unpaired) electrons. The van der Waals surface area contributed by atoms with Crippen LogP contribution in [0.25, 0.3) is 0 Å². The number of rotatable bonds is 5. The van der Waals surface area contributed by atoms with E-state index in [1.165, 1.54) is 0 Å². The first kappa shape index (κ1) is 16.0. The minimum Gasteiger partial charge on any atom is -0.312 e. The number of carbonyl (C=O) groups excluding carboxylic acids is 1. The highest BCUT2D eigenvalue weighted by Gasteiger charge is 2.34. The SMILES string of the molecule is CCc1cccc(CC)c1N1CC(CS(N)(=O)=O)CC1=O. The van der Waals surface area contributed by atoms with Crippen LogP contribution in [-0.4, -0.2) is 26.6 Å². The van der Waals surface area contributed by atoms with Gasteiger partial charge in [0.05, 0.1) is 5.75 Å². The Labute approximate surface area is 126 Å². The van der Waals surface area contributed by atoms with Crippen LogP contribution in [0.1, 0.15) is 31.4 Å². The number of nitrogens with zero attached hydrogens (tertiary/aromatic N) is 1. The Bertz CT molecular complexity index is 618. The lowest BCUT2D eigenvalue weighted by Gasteiger charge is -2.23. The van der Waals surface area contributed by atoms with Crippen LogP contribution in [0.2, 0.25) is 0 Å². The maximum atomic E-state index is 12.3. The number of amides is 1. The van der Waals surface area contributed by atoms with Gasteiger partial charge in [0.25, 0.3) is 0 Å². The molecule has 1 unspecified atom stereocenters. The zero-order chi connectivity index (χ0) is 15.6. The smallest absolute Gasteiger partial charge is 0.227 e. The molecule has 1 saturated heterocycles. The maximum absolute atomic E-state index is 12.3. The average molecular weight is 310 g/mol. The fraction of sp³-hybridized carbons (Fsp3) is 0.533. The highest BCUT2D eigenvalue weighted by Crippen LogP contribution is 2.32. The van der Waals surface area contributed by atoms with E-state index in [1.54, 1.807) is 4.90 Å². The van der Waals surface area contributed by atoms with Crippen molar-refractivity contribution in [2.24, 2.45) is 11.1 Å². The molecular weight excluding hydrogens is 288 g/mol. The summed E-state index contributed by atoms with van der Waals surface area (Å²) in [6, 6.07) is 6.05. The molecule has 5 nitrogen and oxygen atoms in total. The van der Waals surface area contributed by atoms with Gasteiger partial charge in [-0.05, 0) is 24.0 Å². The Morgan fingerprint density at radius 1 is 1.24 bits per heavy atom. The molecule has 1 aromatic rings. The van der Waals surface area contributed by atoms with Gasteiger partial charge in [0.2, 0.25) is 15.9 Å². The van der Waals surface area contributed by atoms with Gasteiger partial charge in [-0.1, -0.05) is 32.0 Å². The lowest BCUT2D eigenvalue weighted by Crippen LogP contribution is -2.29. The Morgan fingerprint density at radius 3 is 2.29 bits per heavy atom. The van der Waals surface area contributed by atoms with E-state index in [2.05, 4.69) is 13.8 Å². The number of sulfonamides is 1. The number of benzene rings is 1. The van der Waals surface area contributed by atoms with E-state index in [4.69, 9.17) is 5.14 Å². The first-order chi connectivity index (χ1) is 9.85. The third kappa shape index (κ3) is 3.63. The standard InChI is InChI=1S/C15H22N2O3S/c1-3-12-6-5-7-13(4-2)15(12)17-9-11(8-14(17)18)10-21(16,19)20/h5-7,11H,3-4,8-10H2,1-2H3,(H2,16,19,20). The molecule has 1 aliphatic rings. The van der Waals surface area contributed by atoms with Crippen LogP contribution in [0.4, 0.5) is 5.69 Å². The van der Waals surface area contributed by atoms with Crippen molar-refractivity contribution in [2.45, 2.75) is 33.1 Å². The number of para-hydroxylation sites is 1. The van der Waals surface area contributed by atoms with E-state index >= 15 is 0 Å². The number of carbonyl (C=O) groups is 1. The van der Waals surface area contributed by atoms with Gasteiger partial charge in [-0.15, -0.1) is 0 Å². The Hall–Kier alpha value is -1.40. The van der Waals surface area contributed by atoms with Crippen molar-refractivity contribution in [3.05, 3.63) is 29.3 Å². The fourth-order valence-corrected chi connectivity index (χ4v) is 3.88. The summed E-state index contributed by atoms with van der Waals surface area (Å²) in [5.41, 5.74) is 3.21. The molecule has 2 N–H and O–H groups in total. The van der Waals surface area contributed by atoms with Crippen LogP contribution in [0.15, 0.2) is 18.2 Å². The van der Waals surface area contributed by atoms with E-state index in [-0.39, 0.29) is 24.0 Å². The first-order valence-electron chi connectivity index (χ1n) is 7.27. The van der Waals surface area contributed by atoms with Crippen molar-refractivity contribution >= 4 is 21.6 Å². The summed E-state index contributed by atoms with van der Waals surface area (Å²) in [4.78, 5) is 14.0. The van der Waals surface area contributed by atoms with E-state index in [1.807, 2.05) is 18.2 Å². The lowest BCUT2D eigenvalue weighted by atomic mass is 10.0. The van der Waals surface area contributed by atoms with Gasteiger partial charge in [-0.2, -0.15) is 0 Å². The monoisotopic (exact) mass is 310 g/mol. The molecule has 0 saturated carbocycles. The zero-order valence-corrected chi connectivity index (χ0v) is 13.3. The van der Waals surface area contributed by atoms with E-state index < -0.39 is 10.0 Å². The summed E-state index contributed by atoms with van der Waals surface area (Å²) in [7, 11) is -3.55. The third-order valence-electron chi connectivity index (χ3n) is 3.91. The molecule has 1 heterocycles. The van der Waals surface area contributed by atoms with Gasteiger partial charge in [-0.25, -0.2) is 13.6 Å². The Morgan fingerprint density at radius 2 is 1.81 bits per heavy atom. The summed E-state index contributed by atoms with van der Waals surface area (Å²) < 4.78 is 22.5. The summed E-state index contributed by atoms with van der Waals surface area (Å²) in [6.45, 7) is 4.54. The predicted octanol–water partition coefficient (Wildman–Crippen LogP) is 1.45. The first-order valence-corrected chi connectivity index (χ1v) is 8.98. The highest BCUT2D eigenvalue weighted by atomic mass is 32.2. The normalized spacial score (nSPS) is 19.3. The molecule has 116 valence electrons. The second kappa shape index (κ2) is 6.15. The summed E-state index contributed by atoms with van der Waals surface area (Å²) in [5.74, 6) is -0.369. The second-order valence-corrected chi connectivity index (χ2v) is 7.20. The molecule has 0 aliphatic carbocycles. The van der Waals surface area contributed by atoms with E-state index in [0.29, 0.717) is 6.54 Å². The molecule has 1 amide bonds. The average Bonchev–Trinajstić information content (AvgIpc) is 2.75. The molecule has 2 rings (SSSR count). The van der Waals surface area contributed by atoms with Crippen molar-refractivity contribution in [1.29, 1.82) is 0 Å². The predicted molar refractivity (Wildman–Crippen MR) is 83.6 cm³/mol. The quantitative estimate of drug-likeness (QED) is 0.894. The van der Waals surface area contributed by atoms with Gasteiger partial charge in [-0.3, -0.25) is 4.79 Å². The van der Waals surface area contributed by atoms with Crippen LogP contribution >= 0.6 is 0 Å². The number of hydrogen-bond acceptors (Lipinski definition) is 3. The van der Waals surface area contributed by atoms with Gasteiger partial charge in [0.1, 0.15) is 0 Å². The topological polar surface area (TPSA) is 80.5 Å². The molecule has 21 heavy (non-hydrogen) atoms. The molecule has 0 bridgehead atoms. The highest BCUT2D eigenvalue weighted by molar-refractivity contribution is 7.89. The van der Waals surface area contributed by atoms with Crippen LogP contribution in [0.3, 0.4) is 0 Å². The minimum atomic E-state index is -3.55. The second-order valence-electron chi connectivity index (χ2n) is 5.54. The molecule has 0 spiro atoms. The minimum absolute atomic E-state index is 0.0146. The van der Waals surface area contributed by atoms with Crippen molar-refractivity contribution in [3.8, 4) is 0 Å². The van der Waals surface area contributed by atoms with Crippen molar-refractivity contribution in [3.63, 3.8) is 0 Å². The molecular formula is C15H22N2O3S. The molecule has 0 aromatic heterocycles. The fourth-order valence-electron chi connectivity index (χ4n) is 3.00. The number of aryl methyl sites for hydroxylation is 2. The van der Waals surface area contributed by atoms with Gasteiger partial charge >= 0.3 is 0 Å². The number of anilines is 1. The van der Waals surface area contributed by atoms with Gasteiger partial charge in [0.15, 0.2) is 0 Å². The van der Waals surface area contributed by atoms with Crippen LogP contribution < -0.4 is 10.0 Å². The number of hydrogen-bond donors (Lipinski definition) is 1. The number of primary sulfonamides is 1. The third-order valence-corrected chi connectivity index (χ3v) is 4.84. The summed E-state index contributed by atoms with van der Waals surface area (Å²) >= 11 is 0. The molecule has 6 heteroatoms. The van der Waals surface area contributed by atoms with E-state index in [9.17, 15) is 13.2 Å². The maximum Gasteiger partial charge on any atom is 0.227 e. The van der Waals surface area contributed by atoms with Crippen molar-refractivity contribution in [1.82, 2.24) is 0 Å².